The summed E-state index contributed by atoms with van der Waals surface area (Å²) in [6.45, 7) is 1.79. The average molecular weight is 331 g/mol. The zero-order chi connectivity index (χ0) is 15.3. The van der Waals surface area contributed by atoms with Gasteiger partial charge in [0, 0.05) is 24.7 Å². The van der Waals surface area contributed by atoms with Crippen molar-refractivity contribution in [1.82, 2.24) is 9.62 Å². The van der Waals surface area contributed by atoms with Crippen molar-refractivity contribution in [3.63, 3.8) is 0 Å². The molecule has 0 saturated carbocycles. The third kappa shape index (κ3) is 4.19. The molecule has 0 aliphatic carbocycles. The molecule has 0 atom stereocenters. The monoisotopic (exact) mass is 330 g/mol. The van der Waals surface area contributed by atoms with Gasteiger partial charge in [-0.1, -0.05) is 30.9 Å². The highest BCUT2D eigenvalue weighted by Gasteiger charge is 2.25. The maximum absolute atomic E-state index is 12.8. The van der Waals surface area contributed by atoms with Crippen molar-refractivity contribution in [1.29, 1.82) is 0 Å². The van der Waals surface area contributed by atoms with Gasteiger partial charge in [0.15, 0.2) is 0 Å². The first-order chi connectivity index (χ1) is 10.1. The first kappa shape index (κ1) is 16.7. The predicted molar refractivity (Wildman–Crippen MR) is 86.1 cm³/mol. The fourth-order valence-corrected chi connectivity index (χ4v) is 4.40. The Bertz CT molecular complexity index is 567. The second-order valence-corrected chi connectivity index (χ2v) is 7.80. The van der Waals surface area contributed by atoms with Gasteiger partial charge >= 0.3 is 0 Å². The lowest BCUT2D eigenvalue weighted by atomic mass is 10.1. The van der Waals surface area contributed by atoms with Crippen LogP contribution in [0.25, 0.3) is 0 Å². The quantitative estimate of drug-likeness (QED) is 0.923. The van der Waals surface area contributed by atoms with Crippen molar-refractivity contribution < 1.29 is 8.42 Å². The number of nitrogens with one attached hydrogen (secondary N) is 1. The maximum atomic E-state index is 12.8. The maximum Gasteiger partial charge on any atom is 0.243 e. The molecular formula is C15H23ClN2O2S. The van der Waals surface area contributed by atoms with Gasteiger partial charge in [0.05, 0.1) is 4.90 Å². The molecule has 0 aromatic heterocycles. The molecule has 21 heavy (non-hydrogen) atoms. The van der Waals surface area contributed by atoms with Crippen LogP contribution in [0.4, 0.5) is 0 Å². The minimum Gasteiger partial charge on any atom is -0.316 e. The molecule has 1 N–H and O–H groups in total. The van der Waals surface area contributed by atoms with Gasteiger partial charge in [0.2, 0.25) is 10.0 Å². The Morgan fingerprint density at radius 1 is 1.14 bits per heavy atom. The van der Waals surface area contributed by atoms with Gasteiger partial charge in [-0.15, -0.1) is 0 Å². The van der Waals surface area contributed by atoms with Gasteiger partial charge in [-0.25, -0.2) is 8.42 Å². The van der Waals surface area contributed by atoms with E-state index in [-0.39, 0.29) is 0 Å². The molecule has 1 aliphatic rings. The molecule has 2 rings (SSSR count). The summed E-state index contributed by atoms with van der Waals surface area (Å²) >= 11 is 6.11. The minimum atomic E-state index is -3.41. The normalized spacial score (nSPS) is 18.2. The summed E-state index contributed by atoms with van der Waals surface area (Å²) in [5.74, 6) is 0. The van der Waals surface area contributed by atoms with Gasteiger partial charge in [-0.3, -0.25) is 0 Å². The van der Waals surface area contributed by atoms with E-state index in [0.29, 0.717) is 29.6 Å². The molecule has 1 saturated heterocycles. The summed E-state index contributed by atoms with van der Waals surface area (Å²) in [5.41, 5.74) is 0.812. The molecule has 1 aromatic carbocycles. The Morgan fingerprint density at radius 2 is 1.76 bits per heavy atom. The topological polar surface area (TPSA) is 49.4 Å². The van der Waals surface area contributed by atoms with Gasteiger partial charge in [-0.05, 0) is 43.7 Å². The first-order valence-corrected chi connectivity index (χ1v) is 9.30. The summed E-state index contributed by atoms with van der Waals surface area (Å²) in [7, 11) is -1.60. The highest BCUT2D eigenvalue weighted by molar-refractivity contribution is 7.89. The van der Waals surface area contributed by atoms with Crippen LogP contribution in [-0.2, 0) is 16.6 Å². The third-order valence-corrected chi connectivity index (χ3v) is 6.10. The molecule has 0 radical (unpaired) electrons. The van der Waals surface area contributed by atoms with Gasteiger partial charge < -0.3 is 5.32 Å². The Morgan fingerprint density at radius 3 is 2.38 bits per heavy atom. The number of hydrogen-bond acceptors (Lipinski definition) is 3. The van der Waals surface area contributed by atoms with Crippen molar-refractivity contribution in [3.05, 3.63) is 28.8 Å². The minimum absolute atomic E-state index is 0.345. The smallest absolute Gasteiger partial charge is 0.243 e. The number of rotatable bonds is 4. The van der Waals surface area contributed by atoms with Crippen molar-refractivity contribution in [2.45, 2.75) is 43.5 Å². The summed E-state index contributed by atoms with van der Waals surface area (Å²) < 4.78 is 27.2. The summed E-state index contributed by atoms with van der Waals surface area (Å²) in [4.78, 5) is 0.345. The van der Waals surface area contributed by atoms with Crippen LogP contribution < -0.4 is 5.32 Å². The number of benzene rings is 1. The summed E-state index contributed by atoms with van der Waals surface area (Å²) in [6, 6.07) is 4.97. The van der Waals surface area contributed by atoms with Crippen LogP contribution in [0.1, 0.15) is 37.7 Å². The highest BCUT2D eigenvalue weighted by atomic mass is 35.5. The Labute approximate surface area is 132 Å². The Balaban J connectivity index is 2.27. The second-order valence-electron chi connectivity index (χ2n) is 5.46. The van der Waals surface area contributed by atoms with Gasteiger partial charge in [-0.2, -0.15) is 4.31 Å². The standard InChI is InChI=1S/C15H23ClN2O2S/c1-17-12-13-11-14(7-8-15(13)16)21(19,20)18-9-5-3-2-4-6-10-18/h7-8,11,17H,2-6,9-10,12H2,1H3. The molecule has 0 spiro atoms. The van der Waals surface area contributed by atoms with Crippen LogP contribution in [0.15, 0.2) is 23.1 Å². The first-order valence-electron chi connectivity index (χ1n) is 7.49. The van der Waals surface area contributed by atoms with Crippen LogP contribution in [0, 0.1) is 0 Å². The van der Waals surface area contributed by atoms with Gasteiger partial charge in [0.25, 0.3) is 0 Å². The molecule has 0 unspecified atom stereocenters. The van der Waals surface area contributed by atoms with E-state index in [1.54, 1.807) is 22.5 Å². The molecule has 6 heteroatoms. The zero-order valence-electron chi connectivity index (χ0n) is 12.4. The van der Waals surface area contributed by atoms with E-state index in [0.717, 1.165) is 31.2 Å². The van der Waals surface area contributed by atoms with E-state index in [1.807, 2.05) is 7.05 Å². The van der Waals surface area contributed by atoms with Gasteiger partial charge in [0.1, 0.15) is 0 Å². The number of nitrogens with zero attached hydrogens (tertiary/aromatic N) is 1. The van der Waals surface area contributed by atoms with E-state index in [1.165, 1.54) is 6.42 Å². The highest BCUT2D eigenvalue weighted by Crippen LogP contribution is 2.24. The zero-order valence-corrected chi connectivity index (χ0v) is 14.0. The Kier molecular flexibility index (Phi) is 6.05. The van der Waals surface area contributed by atoms with Crippen molar-refractivity contribution in [3.8, 4) is 0 Å². The summed E-state index contributed by atoms with van der Waals surface area (Å²) in [5, 5.41) is 3.60. The van der Waals surface area contributed by atoms with E-state index >= 15 is 0 Å². The lowest BCUT2D eigenvalue weighted by Crippen LogP contribution is -2.34. The second kappa shape index (κ2) is 7.58. The molecule has 0 amide bonds. The predicted octanol–water partition coefficient (Wildman–Crippen LogP) is 3.01. The van der Waals surface area contributed by atoms with E-state index in [4.69, 9.17) is 11.6 Å². The van der Waals surface area contributed by atoms with Crippen LogP contribution in [0.5, 0.6) is 0 Å². The number of sulfonamides is 1. The van der Waals surface area contributed by atoms with Crippen LogP contribution in [0.3, 0.4) is 0 Å². The average Bonchev–Trinajstić information content (AvgIpc) is 2.40. The van der Waals surface area contributed by atoms with E-state index in [2.05, 4.69) is 5.32 Å². The molecule has 1 fully saturated rings. The van der Waals surface area contributed by atoms with Crippen LogP contribution >= 0.6 is 11.6 Å². The lowest BCUT2D eigenvalue weighted by Gasteiger charge is -2.24. The fourth-order valence-electron chi connectivity index (χ4n) is 2.65. The van der Waals surface area contributed by atoms with Crippen molar-refractivity contribution >= 4 is 21.6 Å². The number of halogens is 1. The lowest BCUT2D eigenvalue weighted by molar-refractivity contribution is 0.364. The molecule has 1 aliphatic heterocycles. The molecule has 1 heterocycles. The molecule has 4 nitrogen and oxygen atoms in total. The Hall–Kier alpha value is -0.620. The van der Waals surface area contributed by atoms with E-state index in [9.17, 15) is 8.42 Å². The number of hydrogen-bond donors (Lipinski definition) is 1. The summed E-state index contributed by atoms with van der Waals surface area (Å²) in [6.07, 6.45) is 5.31. The van der Waals surface area contributed by atoms with Crippen molar-refractivity contribution in [2.24, 2.45) is 0 Å². The SMILES string of the molecule is CNCc1cc(S(=O)(=O)N2CCCCCCC2)ccc1Cl. The molecular weight excluding hydrogens is 308 g/mol. The third-order valence-electron chi connectivity index (χ3n) is 3.84. The fraction of sp³-hybridized carbons (Fsp3) is 0.600. The molecule has 118 valence electrons. The largest absolute Gasteiger partial charge is 0.316 e. The van der Waals surface area contributed by atoms with Crippen LogP contribution in [0.2, 0.25) is 5.02 Å². The van der Waals surface area contributed by atoms with Crippen molar-refractivity contribution in [2.75, 3.05) is 20.1 Å². The van der Waals surface area contributed by atoms with Crippen LogP contribution in [-0.4, -0.2) is 32.9 Å². The molecule has 1 aromatic rings. The van der Waals surface area contributed by atoms with E-state index < -0.39 is 10.0 Å². The molecule has 0 bridgehead atoms.